The van der Waals surface area contributed by atoms with Gasteiger partial charge in [-0.15, -0.1) is 0 Å². The summed E-state index contributed by atoms with van der Waals surface area (Å²) in [4.78, 5) is 10.8. The predicted molar refractivity (Wildman–Crippen MR) is 122 cm³/mol. The molecule has 0 radical (unpaired) electrons. The van der Waals surface area contributed by atoms with Gasteiger partial charge in [-0.25, -0.2) is 9.18 Å². The SMILES string of the molecule is CC/C(=C(\c1ccc2[nH]ncc2c1)c1ccc(/C=C/C(=O)O)cc1F)c1ccccc1. The van der Waals surface area contributed by atoms with Crippen molar-refractivity contribution in [2.75, 3.05) is 0 Å². The number of allylic oxidation sites excluding steroid dienone is 1. The quantitative estimate of drug-likeness (QED) is 0.294. The van der Waals surface area contributed by atoms with Crippen molar-refractivity contribution in [3.05, 3.63) is 107 Å². The number of aromatic amines is 1. The molecule has 31 heavy (non-hydrogen) atoms. The average molecular weight is 412 g/mol. The second-order valence-corrected chi connectivity index (χ2v) is 7.16. The summed E-state index contributed by atoms with van der Waals surface area (Å²) in [5.74, 6) is -1.48. The highest BCUT2D eigenvalue weighted by atomic mass is 19.1. The van der Waals surface area contributed by atoms with Crippen molar-refractivity contribution in [3.8, 4) is 0 Å². The number of benzene rings is 3. The molecule has 1 heterocycles. The van der Waals surface area contributed by atoms with Crippen molar-refractivity contribution in [1.29, 1.82) is 0 Å². The first-order chi connectivity index (χ1) is 15.1. The lowest BCUT2D eigenvalue weighted by Gasteiger charge is -2.17. The Bertz CT molecular complexity index is 1300. The Morgan fingerprint density at radius 3 is 2.58 bits per heavy atom. The molecule has 2 N–H and O–H groups in total. The second kappa shape index (κ2) is 8.79. The Morgan fingerprint density at radius 2 is 1.87 bits per heavy atom. The molecular formula is C26H21FN2O2. The van der Waals surface area contributed by atoms with Crippen LogP contribution in [0, 0.1) is 5.82 Å². The lowest BCUT2D eigenvalue weighted by atomic mass is 9.87. The van der Waals surface area contributed by atoms with Crippen molar-refractivity contribution in [2.45, 2.75) is 13.3 Å². The number of aliphatic carboxylic acids is 1. The monoisotopic (exact) mass is 412 g/mol. The number of nitrogens with zero attached hydrogens (tertiary/aromatic N) is 1. The van der Waals surface area contributed by atoms with Gasteiger partial charge in [0.2, 0.25) is 0 Å². The lowest BCUT2D eigenvalue weighted by molar-refractivity contribution is -0.131. The highest BCUT2D eigenvalue weighted by Gasteiger charge is 2.17. The standard InChI is InChI=1S/C26H21FN2O2/c1-2-21(18-6-4-3-5-7-18)26(19-10-12-24-20(15-19)16-28-29-24)22-11-8-17(14-23(22)27)9-13-25(30)31/h3-16H,2H2,1H3,(H,28,29)(H,30,31)/b13-9+,26-21-. The topological polar surface area (TPSA) is 66.0 Å². The first kappa shape index (κ1) is 20.3. The van der Waals surface area contributed by atoms with E-state index in [9.17, 15) is 4.79 Å². The van der Waals surface area contributed by atoms with E-state index in [0.29, 0.717) is 17.5 Å². The van der Waals surface area contributed by atoms with Crippen LogP contribution in [0.2, 0.25) is 0 Å². The molecule has 5 heteroatoms. The average Bonchev–Trinajstić information content (AvgIpc) is 3.25. The first-order valence-electron chi connectivity index (χ1n) is 10.00. The fourth-order valence-corrected chi connectivity index (χ4v) is 3.76. The van der Waals surface area contributed by atoms with Gasteiger partial charge in [0, 0.05) is 17.0 Å². The summed E-state index contributed by atoms with van der Waals surface area (Å²) in [5, 5.41) is 16.8. The number of rotatable bonds is 6. The summed E-state index contributed by atoms with van der Waals surface area (Å²) in [5.41, 5.74) is 5.63. The fraction of sp³-hybridized carbons (Fsp3) is 0.0769. The lowest BCUT2D eigenvalue weighted by Crippen LogP contribution is -1.98. The number of carboxylic acid groups (broad SMARTS) is 1. The Labute approximate surface area is 179 Å². The number of H-pyrrole nitrogens is 1. The zero-order valence-corrected chi connectivity index (χ0v) is 17.0. The van der Waals surface area contributed by atoms with E-state index in [1.165, 1.54) is 12.1 Å². The molecule has 0 atom stereocenters. The van der Waals surface area contributed by atoms with Crippen LogP contribution in [0.3, 0.4) is 0 Å². The maximum absolute atomic E-state index is 15.3. The van der Waals surface area contributed by atoms with Crippen LogP contribution in [0.15, 0.2) is 79.0 Å². The van der Waals surface area contributed by atoms with E-state index in [0.717, 1.165) is 39.3 Å². The minimum absolute atomic E-state index is 0.406. The Hall–Kier alpha value is -3.99. The number of carbonyl (C=O) groups is 1. The summed E-state index contributed by atoms with van der Waals surface area (Å²) in [6.45, 7) is 2.06. The molecular weight excluding hydrogens is 391 g/mol. The normalized spacial score (nSPS) is 12.3. The van der Waals surface area contributed by atoms with E-state index in [1.807, 2.05) is 48.5 Å². The second-order valence-electron chi connectivity index (χ2n) is 7.16. The molecule has 0 aliphatic heterocycles. The van der Waals surface area contributed by atoms with Crippen molar-refractivity contribution >= 4 is 34.1 Å². The van der Waals surface area contributed by atoms with E-state index < -0.39 is 11.8 Å². The van der Waals surface area contributed by atoms with Crippen molar-refractivity contribution < 1.29 is 14.3 Å². The molecule has 0 aliphatic rings. The van der Waals surface area contributed by atoms with Gasteiger partial charge in [-0.1, -0.05) is 55.5 Å². The minimum Gasteiger partial charge on any atom is -0.478 e. The molecule has 0 amide bonds. The van der Waals surface area contributed by atoms with Gasteiger partial charge in [0.25, 0.3) is 0 Å². The van der Waals surface area contributed by atoms with Crippen LogP contribution in [0.1, 0.15) is 35.6 Å². The highest BCUT2D eigenvalue weighted by Crippen LogP contribution is 2.36. The van der Waals surface area contributed by atoms with Crippen LogP contribution in [0.4, 0.5) is 4.39 Å². The van der Waals surface area contributed by atoms with Gasteiger partial charge < -0.3 is 5.11 Å². The summed E-state index contributed by atoms with van der Waals surface area (Å²) in [6.07, 6.45) is 4.84. The van der Waals surface area contributed by atoms with Crippen LogP contribution in [0.25, 0.3) is 28.1 Å². The molecule has 0 bridgehead atoms. The molecule has 4 rings (SSSR count). The highest BCUT2D eigenvalue weighted by molar-refractivity contribution is 6.00. The van der Waals surface area contributed by atoms with Crippen molar-refractivity contribution in [1.82, 2.24) is 10.2 Å². The molecule has 3 aromatic carbocycles. The third kappa shape index (κ3) is 4.31. The Balaban J connectivity index is 1.95. The van der Waals surface area contributed by atoms with E-state index in [-0.39, 0.29) is 0 Å². The predicted octanol–water partition coefficient (Wildman–Crippen LogP) is 6.17. The van der Waals surface area contributed by atoms with Gasteiger partial charge in [0.05, 0.1) is 11.7 Å². The smallest absolute Gasteiger partial charge is 0.328 e. The van der Waals surface area contributed by atoms with E-state index in [2.05, 4.69) is 17.1 Å². The van der Waals surface area contributed by atoms with Crippen molar-refractivity contribution in [2.24, 2.45) is 0 Å². The summed E-state index contributed by atoms with van der Waals surface area (Å²) in [7, 11) is 0. The number of nitrogens with one attached hydrogen (secondary N) is 1. The van der Waals surface area contributed by atoms with Gasteiger partial charge in [-0.05, 0) is 58.5 Å². The third-order valence-electron chi connectivity index (χ3n) is 5.19. The Kier molecular flexibility index (Phi) is 5.76. The third-order valence-corrected chi connectivity index (χ3v) is 5.19. The molecule has 0 fully saturated rings. The molecule has 0 saturated heterocycles. The number of fused-ring (bicyclic) bond motifs is 1. The summed E-state index contributed by atoms with van der Waals surface area (Å²) < 4.78 is 15.3. The summed E-state index contributed by atoms with van der Waals surface area (Å²) in [6, 6.07) is 20.7. The molecule has 1 aromatic heterocycles. The zero-order chi connectivity index (χ0) is 21.8. The van der Waals surface area contributed by atoms with E-state index in [1.54, 1.807) is 18.3 Å². The summed E-state index contributed by atoms with van der Waals surface area (Å²) >= 11 is 0. The number of halogens is 1. The maximum Gasteiger partial charge on any atom is 0.328 e. The largest absolute Gasteiger partial charge is 0.478 e. The van der Waals surface area contributed by atoms with Gasteiger partial charge in [-0.2, -0.15) is 5.10 Å². The zero-order valence-electron chi connectivity index (χ0n) is 17.0. The molecule has 154 valence electrons. The first-order valence-corrected chi connectivity index (χ1v) is 10.00. The fourth-order valence-electron chi connectivity index (χ4n) is 3.76. The maximum atomic E-state index is 15.3. The van der Waals surface area contributed by atoms with Crippen molar-refractivity contribution in [3.63, 3.8) is 0 Å². The number of aromatic nitrogens is 2. The number of hydrogen-bond donors (Lipinski definition) is 2. The number of hydrogen-bond acceptors (Lipinski definition) is 2. The van der Waals surface area contributed by atoms with E-state index in [4.69, 9.17) is 5.11 Å². The number of carboxylic acids is 1. The van der Waals surface area contributed by atoms with Crippen LogP contribution in [-0.2, 0) is 4.79 Å². The van der Waals surface area contributed by atoms with Crippen LogP contribution >= 0.6 is 0 Å². The molecule has 0 unspecified atom stereocenters. The molecule has 4 aromatic rings. The van der Waals surface area contributed by atoms with E-state index >= 15 is 4.39 Å². The Morgan fingerprint density at radius 1 is 1.06 bits per heavy atom. The van der Waals surface area contributed by atoms with Crippen LogP contribution in [-0.4, -0.2) is 21.3 Å². The molecule has 0 saturated carbocycles. The molecule has 4 nitrogen and oxygen atoms in total. The van der Waals surface area contributed by atoms with Gasteiger partial charge in [0.15, 0.2) is 0 Å². The molecule has 0 spiro atoms. The molecule has 0 aliphatic carbocycles. The minimum atomic E-state index is -1.07. The van der Waals surface area contributed by atoms with Crippen LogP contribution in [0.5, 0.6) is 0 Å². The van der Waals surface area contributed by atoms with Gasteiger partial charge >= 0.3 is 5.97 Å². The van der Waals surface area contributed by atoms with Gasteiger partial charge in [0.1, 0.15) is 5.82 Å². The van der Waals surface area contributed by atoms with Gasteiger partial charge in [-0.3, -0.25) is 5.10 Å². The van der Waals surface area contributed by atoms with Crippen LogP contribution < -0.4 is 0 Å².